The molecule has 1 saturated carbocycles. The van der Waals surface area contributed by atoms with Gasteiger partial charge in [-0.25, -0.2) is 13.9 Å². The number of amides is 1. The highest BCUT2D eigenvalue weighted by Gasteiger charge is 2.25. The Hall–Kier alpha value is -3.26. The minimum absolute atomic E-state index is 0.163. The lowest BCUT2D eigenvalue weighted by atomic mass is 10.1. The van der Waals surface area contributed by atoms with Gasteiger partial charge in [0.2, 0.25) is 5.95 Å². The number of ether oxygens (including phenoxy) is 1. The van der Waals surface area contributed by atoms with Crippen LogP contribution in [-0.4, -0.2) is 47.8 Å². The first-order chi connectivity index (χ1) is 14.6. The van der Waals surface area contributed by atoms with E-state index in [-0.39, 0.29) is 17.5 Å². The van der Waals surface area contributed by atoms with Crippen LogP contribution in [0.15, 0.2) is 47.3 Å². The molecule has 30 heavy (non-hydrogen) atoms. The number of nitrogens with zero attached hydrogens (tertiary/aromatic N) is 3. The molecule has 2 aromatic carbocycles. The Labute approximate surface area is 172 Å². The van der Waals surface area contributed by atoms with Crippen molar-refractivity contribution in [3.63, 3.8) is 0 Å². The molecule has 0 unspecified atom stereocenters. The maximum Gasteiger partial charge on any atom is 0.267 e. The monoisotopic (exact) mass is 408 g/mol. The van der Waals surface area contributed by atoms with Gasteiger partial charge in [-0.2, -0.15) is 0 Å². The third-order valence-electron chi connectivity index (χ3n) is 5.39. The van der Waals surface area contributed by atoms with Gasteiger partial charge in [0.25, 0.3) is 11.5 Å². The molecule has 1 aromatic heterocycles. The molecule has 7 nitrogen and oxygen atoms in total. The summed E-state index contributed by atoms with van der Waals surface area (Å²) in [5.41, 5.74) is 1.02. The fourth-order valence-electron chi connectivity index (χ4n) is 3.64. The van der Waals surface area contributed by atoms with Crippen LogP contribution in [0.25, 0.3) is 16.6 Å². The molecule has 0 spiro atoms. The van der Waals surface area contributed by atoms with Crippen LogP contribution >= 0.6 is 0 Å². The molecule has 154 valence electrons. The molecule has 2 fully saturated rings. The van der Waals surface area contributed by atoms with Crippen LogP contribution < -0.4 is 15.8 Å². The molecular weight excluding hydrogens is 387 g/mol. The van der Waals surface area contributed by atoms with Gasteiger partial charge in [-0.1, -0.05) is 6.07 Å². The summed E-state index contributed by atoms with van der Waals surface area (Å²) in [4.78, 5) is 32.5. The standard InChI is InChI=1S/C22H21FN4O3/c23-15-2-1-3-17(13-15)27-21(29)18-7-4-14(20(28)24-16-5-6-16)12-19(18)25-22(27)26-8-10-30-11-9-26/h1-4,7,12-13,16H,5-6,8-11H2,(H,24,28). The number of hydrogen-bond donors (Lipinski definition) is 1. The summed E-state index contributed by atoms with van der Waals surface area (Å²) in [5.74, 6) is -0.177. The maximum atomic E-state index is 13.9. The van der Waals surface area contributed by atoms with Crippen LogP contribution in [0, 0.1) is 5.82 Å². The number of hydrogen-bond acceptors (Lipinski definition) is 5. The Morgan fingerprint density at radius 3 is 2.67 bits per heavy atom. The largest absolute Gasteiger partial charge is 0.378 e. The summed E-state index contributed by atoms with van der Waals surface area (Å²) in [6.45, 7) is 2.16. The zero-order chi connectivity index (χ0) is 20.7. The molecule has 5 rings (SSSR count). The molecule has 1 N–H and O–H groups in total. The van der Waals surface area contributed by atoms with Crippen molar-refractivity contribution in [2.45, 2.75) is 18.9 Å². The second-order valence-corrected chi connectivity index (χ2v) is 7.61. The van der Waals surface area contributed by atoms with Gasteiger partial charge in [0, 0.05) is 24.7 Å². The summed E-state index contributed by atoms with van der Waals surface area (Å²) in [6, 6.07) is 11.0. The van der Waals surface area contributed by atoms with Crippen molar-refractivity contribution in [2.24, 2.45) is 0 Å². The number of morpholine rings is 1. The second kappa shape index (κ2) is 7.53. The van der Waals surface area contributed by atoms with Gasteiger partial charge in [0.15, 0.2) is 0 Å². The van der Waals surface area contributed by atoms with E-state index in [9.17, 15) is 14.0 Å². The van der Waals surface area contributed by atoms with Gasteiger partial charge in [0.1, 0.15) is 5.82 Å². The molecule has 2 heterocycles. The van der Waals surface area contributed by atoms with Gasteiger partial charge in [-0.05, 0) is 49.2 Å². The Morgan fingerprint density at radius 1 is 1.13 bits per heavy atom. The first-order valence-corrected chi connectivity index (χ1v) is 10.1. The maximum absolute atomic E-state index is 13.9. The van der Waals surface area contributed by atoms with Crippen LogP contribution in [-0.2, 0) is 4.74 Å². The Balaban J connectivity index is 1.67. The summed E-state index contributed by atoms with van der Waals surface area (Å²) >= 11 is 0. The SMILES string of the molecule is O=C(NC1CC1)c1ccc2c(=O)n(-c3cccc(F)c3)c(N3CCOCC3)nc2c1. The number of rotatable bonds is 4. The second-order valence-electron chi connectivity index (χ2n) is 7.61. The first-order valence-electron chi connectivity index (χ1n) is 10.1. The summed E-state index contributed by atoms with van der Waals surface area (Å²) < 4.78 is 20.8. The van der Waals surface area contributed by atoms with E-state index >= 15 is 0 Å². The lowest BCUT2D eigenvalue weighted by Crippen LogP contribution is -2.40. The van der Waals surface area contributed by atoms with Gasteiger partial charge < -0.3 is 15.0 Å². The van der Waals surface area contributed by atoms with Crippen molar-refractivity contribution in [1.82, 2.24) is 14.9 Å². The zero-order valence-corrected chi connectivity index (χ0v) is 16.3. The summed E-state index contributed by atoms with van der Waals surface area (Å²) in [5, 5.41) is 3.33. The molecular formula is C22H21FN4O3. The van der Waals surface area contributed by atoms with Crippen LogP contribution in [0.2, 0.25) is 0 Å². The smallest absolute Gasteiger partial charge is 0.267 e. The summed E-state index contributed by atoms with van der Waals surface area (Å²) in [6.07, 6.45) is 1.99. The van der Waals surface area contributed by atoms with Crippen molar-refractivity contribution in [1.29, 1.82) is 0 Å². The van der Waals surface area contributed by atoms with E-state index in [1.54, 1.807) is 30.3 Å². The molecule has 2 aliphatic rings. The number of fused-ring (bicyclic) bond motifs is 1. The van der Waals surface area contributed by atoms with E-state index < -0.39 is 5.82 Å². The van der Waals surface area contributed by atoms with Crippen molar-refractivity contribution in [2.75, 3.05) is 31.2 Å². The third-order valence-corrected chi connectivity index (χ3v) is 5.39. The molecule has 0 atom stereocenters. The van der Waals surface area contributed by atoms with Crippen LogP contribution in [0.1, 0.15) is 23.2 Å². The predicted molar refractivity (Wildman–Crippen MR) is 111 cm³/mol. The van der Waals surface area contributed by atoms with Gasteiger partial charge in [0.05, 0.1) is 29.8 Å². The van der Waals surface area contributed by atoms with E-state index in [0.29, 0.717) is 54.4 Å². The third kappa shape index (κ3) is 3.54. The van der Waals surface area contributed by atoms with E-state index in [1.807, 2.05) is 4.90 Å². The number of nitrogens with one attached hydrogen (secondary N) is 1. The molecule has 0 radical (unpaired) electrons. The first kappa shape index (κ1) is 18.7. The number of carbonyl (C=O) groups excluding carboxylic acids is 1. The van der Waals surface area contributed by atoms with Crippen LogP contribution in [0.5, 0.6) is 0 Å². The Kier molecular flexibility index (Phi) is 4.71. The van der Waals surface area contributed by atoms with Crippen LogP contribution in [0.3, 0.4) is 0 Å². The van der Waals surface area contributed by atoms with Crippen molar-refractivity contribution >= 4 is 22.8 Å². The molecule has 8 heteroatoms. The molecule has 1 aliphatic heterocycles. The number of carbonyl (C=O) groups is 1. The molecule has 3 aromatic rings. The lowest BCUT2D eigenvalue weighted by Gasteiger charge is -2.30. The fourth-order valence-corrected chi connectivity index (χ4v) is 3.64. The highest BCUT2D eigenvalue weighted by Crippen LogP contribution is 2.23. The van der Waals surface area contributed by atoms with Gasteiger partial charge in [-0.15, -0.1) is 0 Å². The van der Waals surface area contributed by atoms with Gasteiger partial charge >= 0.3 is 0 Å². The number of halogens is 1. The average Bonchev–Trinajstić information content (AvgIpc) is 3.58. The molecule has 0 bridgehead atoms. The predicted octanol–water partition coefficient (Wildman–Crippen LogP) is 2.25. The quantitative estimate of drug-likeness (QED) is 0.717. The van der Waals surface area contributed by atoms with Crippen LogP contribution in [0.4, 0.5) is 10.3 Å². The van der Waals surface area contributed by atoms with Crippen molar-refractivity contribution in [3.05, 3.63) is 64.2 Å². The number of aromatic nitrogens is 2. The number of anilines is 1. The summed E-state index contributed by atoms with van der Waals surface area (Å²) in [7, 11) is 0. The highest BCUT2D eigenvalue weighted by molar-refractivity contribution is 5.98. The van der Waals surface area contributed by atoms with E-state index in [1.165, 1.54) is 16.7 Å². The normalized spacial score (nSPS) is 16.6. The zero-order valence-electron chi connectivity index (χ0n) is 16.3. The molecule has 1 amide bonds. The van der Waals surface area contributed by atoms with E-state index in [0.717, 1.165) is 12.8 Å². The minimum atomic E-state index is -0.431. The van der Waals surface area contributed by atoms with Gasteiger partial charge in [-0.3, -0.25) is 9.59 Å². The lowest BCUT2D eigenvalue weighted by molar-refractivity contribution is 0.0951. The topological polar surface area (TPSA) is 76.5 Å². The fraction of sp³-hybridized carbons (Fsp3) is 0.318. The average molecular weight is 408 g/mol. The molecule has 1 aliphatic carbocycles. The highest BCUT2D eigenvalue weighted by atomic mass is 19.1. The Morgan fingerprint density at radius 2 is 1.93 bits per heavy atom. The van der Waals surface area contributed by atoms with Crippen molar-refractivity contribution < 1.29 is 13.9 Å². The molecule has 1 saturated heterocycles. The minimum Gasteiger partial charge on any atom is -0.378 e. The Bertz CT molecular complexity index is 1180. The number of benzene rings is 2. The van der Waals surface area contributed by atoms with Crippen molar-refractivity contribution in [3.8, 4) is 5.69 Å². The van der Waals surface area contributed by atoms with E-state index in [4.69, 9.17) is 9.72 Å². The van der Waals surface area contributed by atoms with E-state index in [2.05, 4.69) is 5.32 Å².